The fraction of sp³-hybridized carbons (Fsp3) is 0.208. The number of amides is 1. The molecule has 30 heavy (non-hydrogen) atoms. The van der Waals surface area contributed by atoms with Crippen LogP contribution in [-0.2, 0) is 6.61 Å². The van der Waals surface area contributed by atoms with Crippen LogP contribution in [-0.4, -0.2) is 26.2 Å². The lowest BCUT2D eigenvalue weighted by Crippen LogP contribution is -2.16. The summed E-state index contributed by atoms with van der Waals surface area (Å²) in [6.45, 7) is 3.33. The number of hydrogen-bond acceptors (Lipinski definition) is 5. The molecule has 4 rings (SSSR count). The van der Waals surface area contributed by atoms with E-state index in [9.17, 15) is 4.79 Å². The zero-order valence-electron chi connectivity index (χ0n) is 16.9. The minimum Gasteiger partial charge on any atom is -0.496 e. The SMILES string of the molecule is COc1ccc(C(=O)Nc2ccc3c(c2)OCCO3)cc1COc1ccc(C)cc1. The first-order chi connectivity index (χ1) is 14.6. The number of hydrogen-bond donors (Lipinski definition) is 1. The highest BCUT2D eigenvalue weighted by Crippen LogP contribution is 2.33. The first-order valence-electron chi connectivity index (χ1n) is 9.70. The van der Waals surface area contributed by atoms with Gasteiger partial charge in [-0.15, -0.1) is 0 Å². The summed E-state index contributed by atoms with van der Waals surface area (Å²) in [6, 6.07) is 18.4. The lowest BCUT2D eigenvalue weighted by atomic mass is 10.1. The number of aryl methyl sites for hydroxylation is 1. The van der Waals surface area contributed by atoms with Gasteiger partial charge in [0.15, 0.2) is 11.5 Å². The van der Waals surface area contributed by atoms with Crippen LogP contribution in [0.15, 0.2) is 60.7 Å². The topological polar surface area (TPSA) is 66.0 Å². The van der Waals surface area contributed by atoms with Gasteiger partial charge in [0.1, 0.15) is 31.3 Å². The van der Waals surface area contributed by atoms with Crippen molar-refractivity contribution in [3.63, 3.8) is 0 Å². The second kappa shape index (κ2) is 8.78. The van der Waals surface area contributed by atoms with Gasteiger partial charge in [-0.25, -0.2) is 0 Å². The Bertz CT molecular complexity index is 1050. The number of carbonyl (C=O) groups is 1. The van der Waals surface area contributed by atoms with Gasteiger partial charge < -0.3 is 24.3 Å². The minimum atomic E-state index is -0.231. The number of methoxy groups -OCH3 is 1. The molecular weight excluding hydrogens is 382 g/mol. The average Bonchev–Trinajstić information content (AvgIpc) is 2.78. The van der Waals surface area contributed by atoms with Gasteiger partial charge in [0.05, 0.1) is 7.11 Å². The summed E-state index contributed by atoms with van der Waals surface area (Å²) >= 11 is 0. The summed E-state index contributed by atoms with van der Waals surface area (Å²) < 4.78 is 22.4. The van der Waals surface area contributed by atoms with Crippen LogP contribution < -0.4 is 24.3 Å². The Kier molecular flexibility index (Phi) is 5.75. The Morgan fingerprint density at radius 1 is 0.967 bits per heavy atom. The Labute approximate surface area is 175 Å². The number of benzene rings is 3. The molecule has 1 heterocycles. The van der Waals surface area contributed by atoms with Gasteiger partial charge in [0, 0.05) is 22.9 Å². The van der Waals surface area contributed by atoms with Crippen molar-refractivity contribution in [2.75, 3.05) is 25.6 Å². The van der Waals surface area contributed by atoms with Crippen molar-refractivity contribution in [3.05, 3.63) is 77.4 Å². The lowest BCUT2D eigenvalue weighted by Gasteiger charge is -2.19. The molecule has 0 fully saturated rings. The lowest BCUT2D eigenvalue weighted by molar-refractivity contribution is 0.102. The molecule has 1 aliphatic rings. The van der Waals surface area contributed by atoms with E-state index in [2.05, 4.69) is 5.32 Å². The van der Waals surface area contributed by atoms with Crippen molar-refractivity contribution < 1.29 is 23.7 Å². The summed E-state index contributed by atoms with van der Waals surface area (Å²) in [5, 5.41) is 2.90. The molecule has 0 spiro atoms. The first-order valence-corrected chi connectivity index (χ1v) is 9.70. The van der Waals surface area contributed by atoms with Crippen molar-refractivity contribution in [2.24, 2.45) is 0 Å². The maximum atomic E-state index is 12.8. The highest BCUT2D eigenvalue weighted by molar-refractivity contribution is 6.04. The van der Waals surface area contributed by atoms with Crippen LogP contribution in [0.3, 0.4) is 0 Å². The van der Waals surface area contributed by atoms with Crippen LogP contribution in [0, 0.1) is 6.92 Å². The third-order valence-corrected chi connectivity index (χ3v) is 4.76. The molecule has 0 bridgehead atoms. The average molecular weight is 405 g/mol. The van der Waals surface area contributed by atoms with E-state index in [0.717, 1.165) is 16.9 Å². The summed E-state index contributed by atoms with van der Waals surface area (Å²) in [5.41, 5.74) is 3.09. The van der Waals surface area contributed by atoms with Gasteiger partial charge >= 0.3 is 0 Å². The monoisotopic (exact) mass is 405 g/mol. The Hall–Kier alpha value is -3.67. The van der Waals surface area contributed by atoms with Crippen LogP contribution in [0.5, 0.6) is 23.0 Å². The maximum absolute atomic E-state index is 12.8. The fourth-order valence-electron chi connectivity index (χ4n) is 3.15. The molecular formula is C24H23NO5. The fourth-order valence-corrected chi connectivity index (χ4v) is 3.15. The minimum absolute atomic E-state index is 0.231. The molecule has 1 amide bonds. The Balaban J connectivity index is 1.48. The van der Waals surface area contributed by atoms with Crippen molar-refractivity contribution in [1.29, 1.82) is 0 Å². The molecule has 6 heteroatoms. The van der Waals surface area contributed by atoms with E-state index in [0.29, 0.717) is 41.7 Å². The van der Waals surface area contributed by atoms with Crippen LogP contribution in [0.1, 0.15) is 21.5 Å². The third-order valence-electron chi connectivity index (χ3n) is 4.76. The Morgan fingerprint density at radius 2 is 1.73 bits per heavy atom. The van der Waals surface area contributed by atoms with E-state index < -0.39 is 0 Å². The van der Waals surface area contributed by atoms with E-state index >= 15 is 0 Å². The van der Waals surface area contributed by atoms with Crippen LogP contribution in [0.2, 0.25) is 0 Å². The zero-order valence-corrected chi connectivity index (χ0v) is 16.9. The van der Waals surface area contributed by atoms with Crippen molar-refractivity contribution in [2.45, 2.75) is 13.5 Å². The molecule has 3 aromatic rings. The van der Waals surface area contributed by atoms with Gasteiger partial charge in [0.25, 0.3) is 5.91 Å². The van der Waals surface area contributed by atoms with Gasteiger partial charge in [-0.05, 0) is 49.4 Å². The molecule has 6 nitrogen and oxygen atoms in total. The molecule has 0 radical (unpaired) electrons. The smallest absolute Gasteiger partial charge is 0.255 e. The summed E-state index contributed by atoms with van der Waals surface area (Å²) in [5.74, 6) is 2.50. The quantitative estimate of drug-likeness (QED) is 0.649. The highest BCUT2D eigenvalue weighted by Gasteiger charge is 2.15. The van der Waals surface area contributed by atoms with E-state index in [1.165, 1.54) is 0 Å². The normalized spacial score (nSPS) is 12.2. The molecule has 0 aromatic heterocycles. The molecule has 0 aliphatic carbocycles. The highest BCUT2D eigenvalue weighted by atomic mass is 16.6. The van der Waals surface area contributed by atoms with E-state index in [-0.39, 0.29) is 12.5 Å². The molecule has 3 aromatic carbocycles. The molecule has 1 N–H and O–H groups in total. The predicted octanol–water partition coefficient (Wildman–Crippen LogP) is 4.61. The maximum Gasteiger partial charge on any atom is 0.255 e. The van der Waals surface area contributed by atoms with Crippen molar-refractivity contribution in [3.8, 4) is 23.0 Å². The van der Waals surface area contributed by atoms with Crippen LogP contribution >= 0.6 is 0 Å². The van der Waals surface area contributed by atoms with Crippen LogP contribution in [0.4, 0.5) is 5.69 Å². The third kappa shape index (κ3) is 4.49. The molecule has 0 saturated heterocycles. The second-order valence-electron chi connectivity index (χ2n) is 6.94. The predicted molar refractivity (Wildman–Crippen MR) is 114 cm³/mol. The van der Waals surface area contributed by atoms with Gasteiger partial charge in [-0.1, -0.05) is 17.7 Å². The second-order valence-corrected chi connectivity index (χ2v) is 6.94. The Morgan fingerprint density at radius 3 is 2.50 bits per heavy atom. The van der Waals surface area contributed by atoms with Gasteiger partial charge in [-0.3, -0.25) is 4.79 Å². The number of anilines is 1. The van der Waals surface area contributed by atoms with E-state index in [1.54, 1.807) is 43.5 Å². The number of carbonyl (C=O) groups excluding carboxylic acids is 1. The molecule has 0 saturated carbocycles. The summed E-state index contributed by atoms with van der Waals surface area (Å²) in [4.78, 5) is 12.8. The molecule has 1 aliphatic heterocycles. The zero-order chi connectivity index (χ0) is 20.9. The largest absolute Gasteiger partial charge is 0.496 e. The number of nitrogens with one attached hydrogen (secondary N) is 1. The summed E-state index contributed by atoms with van der Waals surface area (Å²) in [6.07, 6.45) is 0. The molecule has 0 unspecified atom stereocenters. The van der Waals surface area contributed by atoms with E-state index in [4.69, 9.17) is 18.9 Å². The standard InChI is InChI=1S/C24H23NO5/c1-16-3-7-20(8-4-16)30-15-18-13-17(5-9-21(18)27-2)24(26)25-19-6-10-22-23(14-19)29-12-11-28-22/h3-10,13-14H,11-12,15H2,1-2H3,(H,25,26). The molecule has 154 valence electrons. The van der Waals surface area contributed by atoms with E-state index in [1.807, 2.05) is 31.2 Å². The van der Waals surface area contributed by atoms with Gasteiger partial charge in [0.2, 0.25) is 0 Å². The molecule has 0 atom stereocenters. The first kappa shape index (κ1) is 19.6. The summed E-state index contributed by atoms with van der Waals surface area (Å²) in [7, 11) is 1.60. The van der Waals surface area contributed by atoms with Gasteiger partial charge in [-0.2, -0.15) is 0 Å². The van der Waals surface area contributed by atoms with Crippen LogP contribution in [0.25, 0.3) is 0 Å². The number of ether oxygens (including phenoxy) is 4. The van der Waals surface area contributed by atoms with Crippen molar-refractivity contribution >= 4 is 11.6 Å². The van der Waals surface area contributed by atoms with Crippen molar-refractivity contribution in [1.82, 2.24) is 0 Å². The number of fused-ring (bicyclic) bond motifs is 1. The number of rotatable bonds is 6.